The Kier molecular flexibility index (Phi) is 2.91. The van der Waals surface area contributed by atoms with E-state index in [1.165, 1.54) is 24.3 Å². The second kappa shape index (κ2) is 4.61. The number of fused-ring (bicyclic) bond motifs is 1. The number of H-pyrrole nitrogens is 1. The Morgan fingerprint density at radius 2 is 1.90 bits per heavy atom. The molecule has 0 amide bonds. The van der Waals surface area contributed by atoms with E-state index < -0.39 is 17.1 Å². The number of aromatic nitrogens is 2. The van der Waals surface area contributed by atoms with Crippen molar-refractivity contribution in [1.82, 2.24) is 9.55 Å². The number of nitrogens with zero attached hydrogens (tertiary/aromatic N) is 1. The van der Waals surface area contributed by atoms with Crippen molar-refractivity contribution in [2.24, 2.45) is 0 Å². The number of benzene rings is 2. The topological polar surface area (TPSA) is 54.9 Å². The summed E-state index contributed by atoms with van der Waals surface area (Å²) in [6.07, 6.45) is 0. The molecule has 0 aliphatic heterocycles. The lowest BCUT2D eigenvalue weighted by Gasteiger charge is -2.06. The fourth-order valence-corrected chi connectivity index (χ4v) is 2.21. The largest absolute Gasteiger partial charge is 0.333 e. The molecule has 0 unspecified atom stereocenters. The van der Waals surface area contributed by atoms with Crippen molar-refractivity contribution < 1.29 is 4.39 Å². The van der Waals surface area contributed by atoms with Crippen LogP contribution in [0.15, 0.2) is 52.1 Å². The van der Waals surface area contributed by atoms with Crippen LogP contribution in [0.25, 0.3) is 16.6 Å². The van der Waals surface area contributed by atoms with Crippen LogP contribution < -0.4 is 11.2 Å². The molecule has 3 aromatic rings. The molecular weight excluding hydrogens is 283 g/mol. The van der Waals surface area contributed by atoms with Crippen LogP contribution in [0.3, 0.4) is 0 Å². The van der Waals surface area contributed by atoms with Gasteiger partial charge in [0.2, 0.25) is 0 Å². The van der Waals surface area contributed by atoms with E-state index in [4.69, 9.17) is 11.6 Å². The normalized spacial score (nSPS) is 10.9. The zero-order valence-electron chi connectivity index (χ0n) is 10.1. The third kappa shape index (κ3) is 2.02. The molecule has 20 heavy (non-hydrogen) atoms. The summed E-state index contributed by atoms with van der Waals surface area (Å²) in [7, 11) is 0. The molecule has 0 atom stereocenters. The standard InChI is InChI=1S/C14H8ClFN2O2/c15-8-4-5-12-11(6-8)13(19)18(14(20)17-12)10-3-1-2-9(16)7-10/h1-7H,(H,17,20). The molecule has 0 radical (unpaired) electrons. The first kappa shape index (κ1) is 12.6. The SMILES string of the molecule is O=c1[nH]c2ccc(Cl)cc2c(=O)n1-c1cccc(F)c1. The van der Waals surface area contributed by atoms with Gasteiger partial charge in [-0.2, -0.15) is 0 Å². The van der Waals surface area contributed by atoms with E-state index in [9.17, 15) is 14.0 Å². The maximum Gasteiger partial charge on any atom is 0.333 e. The van der Waals surface area contributed by atoms with Gasteiger partial charge in [0.1, 0.15) is 5.82 Å². The van der Waals surface area contributed by atoms with Gasteiger partial charge in [0.25, 0.3) is 5.56 Å². The van der Waals surface area contributed by atoms with Crippen LogP contribution in [0.2, 0.25) is 5.02 Å². The first-order valence-corrected chi connectivity index (χ1v) is 6.14. The van der Waals surface area contributed by atoms with Crippen LogP contribution in [-0.4, -0.2) is 9.55 Å². The van der Waals surface area contributed by atoms with Crippen molar-refractivity contribution in [1.29, 1.82) is 0 Å². The van der Waals surface area contributed by atoms with E-state index in [1.807, 2.05) is 0 Å². The minimum Gasteiger partial charge on any atom is -0.306 e. The van der Waals surface area contributed by atoms with Crippen LogP contribution >= 0.6 is 11.6 Å². The number of rotatable bonds is 1. The summed E-state index contributed by atoms with van der Waals surface area (Å²) in [6.45, 7) is 0. The molecular formula is C14H8ClFN2O2. The fraction of sp³-hybridized carbons (Fsp3) is 0. The van der Waals surface area contributed by atoms with E-state index >= 15 is 0 Å². The highest BCUT2D eigenvalue weighted by Crippen LogP contribution is 2.14. The summed E-state index contributed by atoms with van der Waals surface area (Å²) >= 11 is 5.85. The summed E-state index contributed by atoms with van der Waals surface area (Å²) in [5.41, 5.74) is -0.623. The van der Waals surface area contributed by atoms with E-state index in [0.29, 0.717) is 10.5 Å². The summed E-state index contributed by atoms with van der Waals surface area (Å²) < 4.78 is 14.1. The van der Waals surface area contributed by atoms with Gasteiger partial charge in [-0.05, 0) is 36.4 Å². The minimum atomic E-state index is -0.629. The number of halogens is 2. The maximum atomic E-state index is 13.2. The molecule has 2 aromatic carbocycles. The minimum absolute atomic E-state index is 0.165. The van der Waals surface area contributed by atoms with Crippen LogP contribution in [0.5, 0.6) is 0 Å². The molecule has 6 heteroatoms. The summed E-state index contributed by atoms with van der Waals surface area (Å²) in [5.74, 6) is -0.528. The van der Waals surface area contributed by atoms with Gasteiger partial charge in [-0.25, -0.2) is 13.8 Å². The Morgan fingerprint density at radius 3 is 2.65 bits per heavy atom. The van der Waals surface area contributed by atoms with Crippen LogP contribution in [0, 0.1) is 5.82 Å². The number of aromatic amines is 1. The van der Waals surface area contributed by atoms with Gasteiger partial charge in [-0.3, -0.25) is 4.79 Å². The number of hydrogen-bond donors (Lipinski definition) is 1. The molecule has 0 aliphatic carbocycles. The number of hydrogen-bond acceptors (Lipinski definition) is 2. The molecule has 0 spiro atoms. The van der Waals surface area contributed by atoms with Gasteiger partial charge in [-0.1, -0.05) is 17.7 Å². The lowest BCUT2D eigenvalue weighted by Crippen LogP contribution is -2.33. The van der Waals surface area contributed by atoms with Crippen molar-refractivity contribution in [2.45, 2.75) is 0 Å². The summed E-state index contributed by atoms with van der Waals surface area (Å²) in [4.78, 5) is 26.9. The smallest absolute Gasteiger partial charge is 0.306 e. The zero-order valence-corrected chi connectivity index (χ0v) is 10.8. The Bertz CT molecular complexity index is 930. The van der Waals surface area contributed by atoms with E-state index in [-0.39, 0.29) is 11.1 Å². The third-order valence-electron chi connectivity index (χ3n) is 2.93. The first-order valence-electron chi connectivity index (χ1n) is 5.77. The van der Waals surface area contributed by atoms with Crippen molar-refractivity contribution >= 4 is 22.5 Å². The van der Waals surface area contributed by atoms with Crippen LogP contribution in [0.4, 0.5) is 4.39 Å². The van der Waals surface area contributed by atoms with Crippen molar-refractivity contribution in [3.05, 3.63) is 74.1 Å². The highest BCUT2D eigenvalue weighted by Gasteiger charge is 2.10. The average molecular weight is 291 g/mol. The highest BCUT2D eigenvalue weighted by atomic mass is 35.5. The van der Waals surface area contributed by atoms with Gasteiger partial charge in [0, 0.05) is 5.02 Å². The zero-order chi connectivity index (χ0) is 14.3. The van der Waals surface area contributed by atoms with Crippen molar-refractivity contribution in [3.63, 3.8) is 0 Å². The van der Waals surface area contributed by atoms with Gasteiger partial charge >= 0.3 is 5.69 Å². The molecule has 0 saturated carbocycles. The predicted molar refractivity (Wildman–Crippen MR) is 75.1 cm³/mol. The van der Waals surface area contributed by atoms with E-state index in [0.717, 1.165) is 10.6 Å². The second-order valence-electron chi connectivity index (χ2n) is 4.24. The highest BCUT2D eigenvalue weighted by molar-refractivity contribution is 6.31. The fourth-order valence-electron chi connectivity index (χ4n) is 2.04. The Hall–Kier alpha value is -2.40. The lowest BCUT2D eigenvalue weighted by molar-refractivity contribution is 0.626. The average Bonchev–Trinajstić information content (AvgIpc) is 2.40. The van der Waals surface area contributed by atoms with Crippen LogP contribution in [0.1, 0.15) is 0 Å². The molecule has 1 heterocycles. The second-order valence-corrected chi connectivity index (χ2v) is 4.68. The molecule has 0 aliphatic rings. The lowest BCUT2D eigenvalue weighted by atomic mass is 10.2. The molecule has 0 bridgehead atoms. The molecule has 1 aromatic heterocycles. The Morgan fingerprint density at radius 1 is 1.10 bits per heavy atom. The monoisotopic (exact) mass is 290 g/mol. The Balaban J connectivity index is 2.42. The molecule has 100 valence electrons. The Labute approximate surface area is 117 Å². The first-order chi connectivity index (χ1) is 9.56. The number of nitrogens with one attached hydrogen (secondary N) is 1. The van der Waals surface area contributed by atoms with Gasteiger partial charge < -0.3 is 4.98 Å². The van der Waals surface area contributed by atoms with E-state index in [2.05, 4.69) is 4.98 Å². The predicted octanol–water partition coefficient (Wildman–Crippen LogP) is 2.47. The van der Waals surface area contributed by atoms with Gasteiger partial charge in [0.15, 0.2) is 0 Å². The summed E-state index contributed by atoms with van der Waals surface area (Å²) in [5, 5.41) is 0.647. The van der Waals surface area contributed by atoms with Gasteiger partial charge in [0.05, 0.1) is 16.6 Å². The molecule has 3 rings (SSSR count). The van der Waals surface area contributed by atoms with Crippen molar-refractivity contribution in [3.8, 4) is 5.69 Å². The summed E-state index contributed by atoms with van der Waals surface area (Å²) in [6, 6.07) is 9.86. The molecule has 1 N–H and O–H groups in total. The molecule has 4 nitrogen and oxygen atoms in total. The van der Waals surface area contributed by atoms with Gasteiger partial charge in [-0.15, -0.1) is 0 Å². The maximum absolute atomic E-state index is 13.2. The molecule has 0 fully saturated rings. The third-order valence-corrected chi connectivity index (χ3v) is 3.16. The molecule has 0 saturated heterocycles. The van der Waals surface area contributed by atoms with Crippen molar-refractivity contribution in [2.75, 3.05) is 0 Å². The quantitative estimate of drug-likeness (QED) is 0.748. The van der Waals surface area contributed by atoms with E-state index in [1.54, 1.807) is 12.1 Å². The van der Waals surface area contributed by atoms with Crippen LogP contribution in [-0.2, 0) is 0 Å².